The van der Waals surface area contributed by atoms with Crippen molar-refractivity contribution in [3.63, 3.8) is 0 Å². The molecule has 0 aliphatic carbocycles. The molecule has 0 aliphatic rings. The van der Waals surface area contributed by atoms with Crippen molar-refractivity contribution in [3.8, 4) is 11.5 Å². The Morgan fingerprint density at radius 1 is 1.24 bits per heavy atom. The molecule has 1 amide bonds. The van der Waals surface area contributed by atoms with E-state index in [1.807, 2.05) is 6.92 Å². The Morgan fingerprint density at radius 3 is 2.76 bits per heavy atom. The molecule has 0 unspecified atom stereocenters. The van der Waals surface area contributed by atoms with Gasteiger partial charge in [0, 0.05) is 16.6 Å². The summed E-state index contributed by atoms with van der Waals surface area (Å²) in [5.74, 6) is 1.12. The minimum absolute atomic E-state index is 0.140. The minimum atomic E-state index is -0.140. The van der Waals surface area contributed by atoms with E-state index in [2.05, 4.69) is 17.2 Å². The van der Waals surface area contributed by atoms with Crippen LogP contribution in [-0.2, 0) is 6.54 Å². The molecule has 25 heavy (non-hydrogen) atoms. The summed E-state index contributed by atoms with van der Waals surface area (Å²) in [6.45, 7) is 5.26. The molecule has 1 N–H and O–H groups in total. The lowest BCUT2D eigenvalue weighted by atomic mass is 10.2. The molecule has 0 spiro atoms. The lowest BCUT2D eigenvalue weighted by Crippen LogP contribution is -2.22. The molecular formula is C19H26N2O3S. The molecule has 0 bridgehead atoms. The number of rotatable bonds is 10. The van der Waals surface area contributed by atoms with Crippen LogP contribution in [0.5, 0.6) is 11.5 Å². The second kappa shape index (κ2) is 10.0. The maximum Gasteiger partial charge on any atom is 0.251 e. The van der Waals surface area contributed by atoms with Crippen LogP contribution in [0.1, 0.15) is 52.8 Å². The van der Waals surface area contributed by atoms with Crippen molar-refractivity contribution < 1.29 is 14.3 Å². The van der Waals surface area contributed by atoms with Crippen LogP contribution >= 0.6 is 11.3 Å². The van der Waals surface area contributed by atoms with Crippen LogP contribution in [0, 0.1) is 6.92 Å². The Labute approximate surface area is 153 Å². The van der Waals surface area contributed by atoms with Gasteiger partial charge in [-0.25, -0.2) is 4.98 Å². The average Bonchev–Trinajstić information content (AvgIpc) is 3.05. The standard InChI is InChI=1S/C19H26N2O3S/c1-4-5-6-7-10-24-17-9-8-15(11-18(17)23-3)19(22)21-13-16-12-20-14(2)25-16/h8-9,11-12H,4-7,10,13H2,1-3H3,(H,21,22). The number of amides is 1. The third-order valence-corrected chi connectivity index (χ3v) is 4.69. The number of carbonyl (C=O) groups excluding carboxylic acids is 1. The van der Waals surface area contributed by atoms with Crippen LogP contribution in [-0.4, -0.2) is 24.6 Å². The van der Waals surface area contributed by atoms with Crippen molar-refractivity contribution in [3.05, 3.63) is 39.8 Å². The Balaban J connectivity index is 1.91. The van der Waals surface area contributed by atoms with Gasteiger partial charge in [-0.3, -0.25) is 4.79 Å². The maximum atomic E-state index is 12.3. The normalized spacial score (nSPS) is 10.5. The number of nitrogens with one attached hydrogen (secondary N) is 1. The second-order valence-electron chi connectivity index (χ2n) is 5.80. The molecule has 5 nitrogen and oxygen atoms in total. The molecule has 0 atom stereocenters. The molecule has 136 valence electrons. The average molecular weight is 362 g/mol. The maximum absolute atomic E-state index is 12.3. The largest absolute Gasteiger partial charge is 0.493 e. The van der Waals surface area contributed by atoms with Gasteiger partial charge in [0.25, 0.3) is 5.91 Å². The van der Waals surface area contributed by atoms with Crippen LogP contribution < -0.4 is 14.8 Å². The summed E-state index contributed by atoms with van der Waals surface area (Å²) in [4.78, 5) is 17.5. The summed E-state index contributed by atoms with van der Waals surface area (Å²) < 4.78 is 11.1. The fourth-order valence-electron chi connectivity index (χ4n) is 2.40. The van der Waals surface area contributed by atoms with Gasteiger partial charge in [-0.2, -0.15) is 0 Å². The summed E-state index contributed by atoms with van der Waals surface area (Å²) in [5.41, 5.74) is 0.552. The van der Waals surface area contributed by atoms with Gasteiger partial charge in [0.15, 0.2) is 11.5 Å². The number of hydrogen-bond donors (Lipinski definition) is 1. The molecule has 2 rings (SSSR count). The first-order chi connectivity index (χ1) is 12.1. The third-order valence-electron chi connectivity index (χ3n) is 3.77. The van der Waals surface area contributed by atoms with E-state index in [1.165, 1.54) is 12.8 Å². The number of methoxy groups -OCH3 is 1. The van der Waals surface area contributed by atoms with Crippen LogP contribution in [0.4, 0.5) is 0 Å². The number of hydrogen-bond acceptors (Lipinski definition) is 5. The first-order valence-electron chi connectivity index (χ1n) is 8.64. The highest BCUT2D eigenvalue weighted by atomic mass is 32.1. The molecular weight excluding hydrogens is 336 g/mol. The summed E-state index contributed by atoms with van der Waals surface area (Å²) >= 11 is 1.58. The Hall–Kier alpha value is -2.08. The zero-order valence-corrected chi connectivity index (χ0v) is 15.9. The molecule has 0 aliphatic heterocycles. The predicted octanol–water partition coefficient (Wildman–Crippen LogP) is 4.35. The van der Waals surface area contributed by atoms with Crippen molar-refractivity contribution in [1.82, 2.24) is 10.3 Å². The van der Waals surface area contributed by atoms with Crippen molar-refractivity contribution in [2.75, 3.05) is 13.7 Å². The Kier molecular flexibility index (Phi) is 7.73. The van der Waals surface area contributed by atoms with E-state index in [1.54, 1.807) is 42.8 Å². The molecule has 0 saturated heterocycles. The number of benzene rings is 1. The summed E-state index contributed by atoms with van der Waals surface area (Å²) in [5, 5.41) is 3.89. The number of ether oxygens (including phenoxy) is 2. The highest BCUT2D eigenvalue weighted by Crippen LogP contribution is 2.28. The van der Waals surface area contributed by atoms with E-state index in [-0.39, 0.29) is 5.91 Å². The lowest BCUT2D eigenvalue weighted by molar-refractivity contribution is 0.0951. The van der Waals surface area contributed by atoms with E-state index >= 15 is 0 Å². The quantitative estimate of drug-likeness (QED) is 0.638. The highest BCUT2D eigenvalue weighted by molar-refractivity contribution is 7.11. The van der Waals surface area contributed by atoms with Gasteiger partial charge >= 0.3 is 0 Å². The van der Waals surface area contributed by atoms with Crippen LogP contribution in [0.3, 0.4) is 0 Å². The van der Waals surface area contributed by atoms with Crippen molar-refractivity contribution in [2.24, 2.45) is 0 Å². The van der Waals surface area contributed by atoms with Crippen LogP contribution in [0.25, 0.3) is 0 Å². The number of carbonyl (C=O) groups is 1. The van der Waals surface area contributed by atoms with Crippen molar-refractivity contribution in [2.45, 2.75) is 46.1 Å². The Bertz CT molecular complexity index is 685. The summed E-state index contributed by atoms with van der Waals surface area (Å²) in [6, 6.07) is 5.27. The minimum Gasteiger partial charge on any atom is -0.493 e. The van der Waals surface area contributed by atoms with Crippen LogP contribution in [0.15, 0.2) is 24.4 Å². The summed E-state index contributed by atoms with van der Waals surface area (Å²) in [6.07, 6.45) is 6.40. The van der Waals surface area contributed by atoms with Crippen LogP contribution in [0.2, 0.25) is 0 Å². The zero-order valence-electron chi connectivity index (χ0n) is 15.1. The van der Waals surface area contributed by atoms with Gasteiger partial charge < -0.3 is 14.8 Å². The van der Waals surface area contributed by atoms with Gasteiger partial charge in [-0.05, 0) is 31.5 Å². The monoisotopic (exact) mass is 362 g/mol. The molecule has 0 fully saturated rings. The van der Waals surface area contributed by atoms with Gasteiger partial charge in [-0.15, -0.1) is 11.3 Å². The van der Waals surface area contributed by atoms with Gasteiger partial charge in [0.1, 0.15) is 0 Å². The lowest BCUT2D eigenvalue weighted by Gasteiger charge is -2.12. The van der Waals surface area contributed by atoms with E-state index in [0.717, 1.165) is 22.7 Å². The smallest absolute Gasteiger partial charge is 0.251 e. The summed E-state index contributed by atoms with van der Waals surface area (Å²) in [7, 11) is 1.58. The molecule has 1 aromatic carbocycles. The van der Waals surface area contributed by atoms with Gasteiger partial charge in [0.2, 0.25) is 0 Å². The topological polar surface area (TPSA) is 60.5 Å². The van der Waals surface area contributed by atoms with E-state index in [4.69, 9.17) is 9.47 Å². The molecule has 1 heterocycles. The number of unbranched alkanes of at least 4 members (excludes halogenated alkanes) is 3. The zero-order chi connectivity index (χ0) is 18.1. The number of nitrogens with zero attached hydrogens (tertiary/aromatic N) is 1. The highest BCUT2D eigenvalue weighted by Gasteiger charge is 2.11. The second-order valence-corrected chi connectivity index (χ2v) is 7.12. The first kappa shape index (κ1) is 19.2. The predicted molar refractivity (Wildman–Crippen MR) is 101 cm³/mol. The molecule has 6 heteroatoms. The van der Waals surface area contributed by atoms with E-state index < -0.39 is 0 Å². The SMILES string of the molecule is CCCCCCOc1ccc(C(=O)NCc2cnc(C)s2)cc1OC. The van der Waals surface area contributed by atoms with Gasteiger partial charge in [0.05, 0.1) is 25.3 Å². The molecule has 2 aromatic rings. The number of aryl methyl sites for hydroxylation is 1. The van der Waals surface area contributed by atoms with E-state index in [0.29, 0.717) is 30.2 Å². The number of aromatic nitrogens is 1. The molecule has 0 saturated carbocycles. The molecule has 1 aromatic heterocycles. The van der Waals surface area contributed by atoms with Crippen molar-refractivity contribution >= 4 is 17.2 Å². The first-order valence-corrected chi connectivity index (χ1v) is 9.46. The number of thiazole rings is 1. The third kappa shape index (κ3) is 6.05. The molecule has 0 radical (unpaired) electrons. The van der Waals surface area contributed by atoms with Gasteiger partial charge in [-0.1, -0.05) is 26.2 Å². The fourth-order valence-corrected chi connectivity index (χ4v) is 3.13. The van der Waals surface area contributed by atoms with E-state index in [9.17, 15) is 4.79 Å². The van der Waals surface area contributed by atoms with Crippen molar-refractivity contribution in [1.29, 1.82) is 0 Å². The fraction of sp³-hybridized carbons (Fsp3) is 0.474. The Morgan fingerprint density at radius 2 is 2.08 bits per heavy atom.